The summed E-state index contributed by atoms with van der Waals surface area (Å²) in [5.74, 6) is -1.47. The van der Waals surface area contributed by atoms with Crippen LogP contribution >= 0.6 is 0 Å². The quantitative estimate of drug-likeness (QED) is 0.415. The number of ketones is 1. The highest BCUT2D eigenvalue weighted by Gasteiger charge is 2.52. The first kappa shape index (κ1) is 21.0. The van der Waals surface area contributed by atoms with Crippen molar-refractivity contribution in [3.05, 3.63) is 59.0 Å². The van der Waals surface area contributed by atoms with Gasteiger partial charge in [-0.3, -0.25) is 4.79 Å². The zero-order valence-electron chi connectivity index (χ0n) is 24.6. The summed E-state index contributed by atoms with van der Waals surface area (Å²) in [6.07, 6.45) is -5.22. The molecule has 0 radical (unpaired) electrons. The van der Waals surface area contributed by atoms with Crippen LogP contribution in [0.25, 0.3) is 10.9 Å². The molecule has 0 saturated heterocycles. The van der Waals surface area contributed by atoms with Crippen LogP contribution in [0.1, 0.15) is 62.3 Å². The number of carbonyl (C=O) groups excluding carboxylic acids is 1. The van der Waals surface area contributed by atoms with E-state index < -0.39 is 42.1 Å². The molecule has 5 rings (SSSR count). The van der Waals surface area contributed by atoms with E-state index in [1.807, 2.05) is 20.8 Å². The van der Waals surface area contributed by atoms with Gasteiger partial charge in [-0.2, -0.15) is 0 Å². The lowest BCUT2D eigenvalue weighted by atomic mass is 9.86. The standard InChI is InChI=1S/C28H30F3NO5/c1-4-26(2,3)24-10-17-9-16(20(29)13-21(17)32(24)14-19(34)15-33)11-25(35)27(7-8-27)18-5-6-22-23(12-18)37-28(30,31)36-22/h5-6,9-10,12-13,19,33-34H,4,7-8,11,14-15H2,1-3H3/t19-/m1/s1/i14D2,15D2. The number of benzene rings is 2. The smallest absolute Gasteiger partial charge is 0.395 e. The maximum absolute atomic E-state index is 15.6. The molecule has 2 aliphatic rings. The SMILES string of the molecule is [2H]C([2H])(O)[C@H](O)C([2H])([2H])n1c(C(C)(C)CC)cc2cc(CC(=O)C3(c4ccc5c(c4)OC(F)(F)O5)CC3)c(F)cc21. The van der Waals surface area contributed by atoms with Crippen LogP contribution in [0.4, 0.5) is 13.2 Å². The minimum atomic E-state index is -3.80. The Labute approximate surface area is 218 Å². The lowest BCUT2D eigenvalue weighted by Crippen LogP contribution is -2.26. The third-order valence-corrected chi connectivity index (χ3v) is 7.51. The number of rotatable bonds is 9. The number of fused-ring (bicyclic) bond motifs is 2. The Bertz CT molecular complexity index is 1550. The van der Waals surface area contributed by atoms with Crippen LogP contribution in [0.3, 0.4) is 0 Å². The largest absolute Gasteiger partial charge is 0.586 e. The van der Waals surface area contributed by atoms with Gasteiger partial charge < -0.3 is 24.3 Å². The lowest BCUT2D eigenvalue weighted by Gasteiger charge is -2.26. The summed E-state index contributed by atoms with van der Waals surface area (Å²) in [4.78, 5) is 13.5. The topological polar surface area (TPSA) is 80.9 Å². The zero-order valence-corrected chi connectivity index (χ0v) is 20.6. The average Bonchev–Trinajstić information content (AvgIpc) is 3.50. The van der Waals surface area contributed by atoms with E-state index in [4.69, 9.17) is 5.48 Å². The molecule has 2 heterocycles. The van der Waals surface area contributed by atoms with E-state index in [-0.39, 0.29) is 34.8 Å². The van der Waals surface area contributed by atoms with Crippen LogP contribution < -0.4 is 9.47 Å². The van der Waals surface area contributed by atoms with Crippen LogP contribution in [-0.4, -0.2) is 39.5 Å². The Kier molecular flexibility index (Phi) is 4.97. The van der Waals surface area contributed by atoms with Gasteiger partial charge in [0.15, 0.2) is 11.5 Å². The number of hydrogen-bond acceptors (Lipinski definition) is 5. The van der Waals surface area contributed by atoms with Gasteiger partial charge in [0, 0.05) is 22.9 Å². The van der Waals surface area contributed by atoms with Gasteiger partial charge in [0.2, 0.25) is 0 Å². The summed E-state index contributed by atoms with van der Waals surface area (Å²) < 4.78 is 84.5. The first-order valence-corrected chi connectivity index (χ1v) is 12.0. The molecule has 3 aromatic rings. The molecule has 1 fully saturated rings. The van der Waals surface area contributed by atoms with Crippen LogP contribution in [0.15, 0.2) is 36.4 Å². The number of nitrogens with zero attached hydrogens (tertiary/aromatic N) is 1. The number of Topliss-reactive ketones (excluding diaryl/α,β-unsaturated/α-hetero) is 1. The summed E-state index contributed by atoms with van der Waals surface area (Å²) in [5.41, 5.74) is -0.842. The van der Waals surface area contributed by atoms with E-state index in [2.05, 4.69) is 9.47 Å². The van der Waals surface area contributed by atoms with E-state index in [1.54, 1.807) is 6.07 Å². The van der Waals surface area contributed by atoms with E-state index in [0.29, 0.717) is 35.9 Å². The van der Waals surface area contributed by atoms with Crippen molar-refractivity contribution in [2.24, 2.45) is 0 Å². The number of ether oxygens (including phenoxy) is 2. The Hall–Kier alpha value is -3.04. The number of hydrogen-bond donors (Lipinski definition) is 2. The molecule has 1 saturated carbocycles. The molecule has 1 atom stereocenters. The number of aromatic nitrogens is 1. The van der Waals surface area contributed by atoms with Gasteiger partial charge in [0.05, 0.1) is 35.6 Å². The van der Waals surface area contributed by atoms with Crippen molar-refractivity contribution in [3.63, 3.8) is 0 Å². The van der Waals surface area contributed by atoms with Gasteiger partial charge in [-0.25, -0.2) is 4.39 Å². The first-order valence-electron chi connectivity index (χ1n) is 14.0. The molecule has 0 amide bonds. The maximum atomic E-state index is 15.6. The van der Waals surface area contributed by atoms with Crippen LogP contribution in [0, 0.1) is 5.82 Å². The summed E-state index contributed by atoms with van der Waals surface area (Å²) >= 11 is 0. The molecule has 2 N–H and O–H groups in total. The molecule has 0 unspecified atom stereocenters. The van der Waals surface area contributed by atoms with Crippen molar-refractivity contribution >= 4 is 16.7 Å². The van der Waals surface area contributed by atoms with Crippen molar-refractivity contribution in [2.75, 3.05) is 6.56 Å². The van der Waals surface area contributed by atoms with Crippen LogP contribution in [0.2, 0.25) is 0 Å². The second-order valence-corrected chi connectivity index (χ2v) is 10.3. The third kappa shape index (κ3) is 4.48. The second-order valence-electron chi connectivity index (χ2n) is 10.3. The Morgan fingerprint density at radius 1 is 1.19 bits per heavy atom. The van der Waals surface area contributed by atoms with Crippen LogP contribution in [-0.2, 0) is 28.5 Å². The van der Waals surface area contributed by atoms with Gasteiger partial charge in [0.1, 0.15) is 11.6 Å². The average molecular weight is 522 g/mol. The maximum Gasteiger partial charge on any atom is 0.586 e. The highest BCUT2D eigenvalue weighted by Crippen LogP contribution is 2.52. The lowest BCUT2D eigenvalue weighted by molar-refractivity contribution is -0.286. The van der Waals surface area contributed by atoms with Gasteiger partial charge >= 0.3 is 6.29 Å². The Morgan fingerprint density at radius 2 is 1.89 bits per heavy atom. The summed E-state index contributed by atoms with van der Waals surface area (Å²) in [6, 6.07) is 8.22. The van der Waals surface area contributed by atoms with Crippen molar-refractivity contribution in [1.29, 1.82) is 0 Å². The molecule has 37 heavy (non-hydrogen) atoms. The third-order valence-electron chi connectivity index (χ3n) is 7.51. The van der Waals surface area contributed by atoms with E-state index in [1.165, 1.54) is 24.3 Å². The molecular weight excluding hydrogens is 487 g/mol. The predicted octanol–water partition coefficient (Wildman–Crippen LogP) is 4.99. The molecule has 1 aliphatic heterocycles. The fourth-order valence-electron chi connectivity index (χ4n) is 4.82. The summed E-state index contributed by atoms with van der Waals surface area (Å²) in [7, 11) is 0. The Balaban J connectivity index is 1.53. The summed E-state index contributed by atoms with van der Waals surface area (Å²) in [5, 5.41) is 20.5. The van der Waals surface area contributed by atoms with Gasteiger partial charge in [-0.15, -0.1) is 8.78 Å². The molecular formula is C28H30F3NO5. The van der Waals surface area contributed by atoms with Gasteiger partial charge in [-0.1, -0.05) is 26.8 Å². The predicted molar refractivity (Wildman–Crippen MR) is 131 cm³/mol. The van der Waals surface area contributed by atoms with Gasteiger partial charge in [-0.05, 0) is 60.7 Å². The molecule has 1 aliphatic carbocycles. The number of halogens is 3. The fourth-order valence-corrected chi connectivity index (χ4v) is 4.82. The van der Waals surface area contributed by atoms with E-state index in [9.17, 15) is 23.8 Å². The summed E-state index contributed by atoms with van der Waals surface area (Å²) in [6.45, 7) is -0.683. The number of aliphatic hydroxyl groups excluding tert-OH is 1. The molecule has 0 spiro atoms. The molecule has 198 valence electrons. The highest BCUT2D eigenvalue weighted by molar-refractivity contribution is 5.95. The zero-order chi connectivity index (χ0) is 30.3. The highest BCUT2D eigenvalue weighted by atomic mass is 19.3. The number of aliphatic hydroxyl groups is 2. The van der Waals surface area contributed by atoms with Crippen molar-refractivity contribution in [2.45, 2.75) is 76.2 Å². The first-order chi connectivity index (χ1) is 18.8. The van der Waals surface area contributed by atoms with Gasteiger partial charge in [0.25, 0.3) is 0 Å². The molecule has 1 aromatic heterocycles. The second kappa shape index (κ2) is 8.77. The van der Waals surface area contributed by atoms with Crippen molar-refractivity contribution in [3.8, 4) is 11.5 Å². The van der Waals surface area contributed by atoms with E-state index in [0.717, 1.165) is 10.6 Å². The van der Waals surface area contributed by atoms with Crippen LogP contribution in [0.5, 0.6) is 11.5 Å². The molecule has 9 heteroatoms. The van der Waals surface area contributed by atoms with Crippen molar-refractivity contribution in [1.82, 2.24) is 4.57 Å². The molecule has 0 bridgehead atoms. The number of carbonyl (C=O) groups is 1. The minimum Gasteiger partial charge on any atom is -0.395 e. The molecule has 6 nitrogen and oxygen atoms in total. The number of alkyl halides is 2. The fraction of sp³-hybridized carbons (Fsp3) is 0.464. The van der Waals surface area contributed by atoms with E-state index >= 15 is 4.39 Å². The minimum absolute atomic E-state index is 0.0151. The Morgan fingerprint density at radius 3 is 2.54 bits per heavy atom. The van der Waals surface area contributed by atoms with Crippen molar-refractivity contribution < 1.29 is 43.1 Å². The normalized spacial score (nSPS) is 20.6. The monoisotopic (exact) mass is 521 g/mol. The molecule has 2 aromatic carbocycles.